The number of hydrogen-bond acceptors (Lipinski definition) is 8. The van der Waals surface area contributed by atoms with Crippen molar-refractivity contribution >= 4 is 40.9 Å². The zero-order chi connectivity index (χ0) is 40.7. The second-order valence-electron chi connectivity index (χ2n) is 10.8. The Kier molecular flexibility index (Phi) is 25.5. The van der Waals surface area contributed by atoms with Gasteiger partial charge in [0.2, 0.25) is 17.7 Å². The van der Waals surface area contributed by atoms with E-state index < -0.39 is 48.7 Å². The molecular weight excluding hydrogens is 709 g/mol. The molecule has 0 aliphatic carbocycles. The number of ether oxygens (including phenoxy) is 2. The average Bonchev–Trinajstić information content (AvgIpc) is 3.67. The van der Waals surface area contributed by atoms with Gasteiger partial charge in [-0.3, -0.25) is 19.2 Å². The summed E-state index contributed by atoms with van der Waals surface area (Å²) in [5.74, 6) is -2.37. The molecule has 0 fully saturated rings. The molecule has 0 spiro atoms. The van der Waals surface area contributed by atoms with Crippen molar-refractivity contribution in [2.45, 2.75) is 33.2 Å². The predicted octanol–water partition coefficient (Wildman–Crippen LogP) is 4.09. The zero-order valence-electron chi connectivity index (χ0n) is 30.9. The molecule has 286 valence electrons. The minimum atomic E-state index is -1.23. The molecule has 6 rings (SSSR count). The SMILES string of the molecule is C#C.C#C.COc1cccc(C)c1.Cc1ccccc1.Cc1cccs1.O=C1CNC(=O)COc2ccc(cc2)C[C@@H](C(=O)O)NC(=O)CNC(=O)CN1. The summed E-state index contributed by atoms with van der Waals surface area (Å²) >= 11 is 1.78. The Labute approximate surface area is 321 Å². The van der Waals surface area contributed by atoms with Crippen LogP contribution in [0.5, 0.6) is 11.5 Å². The minimum Gasteiger partial charge on any atom is -0.497 e. The molecule has 2 bridgehead atoms. The van der Waals surface area contributed by atoms with Crippen molar-refractivity contribution in [1.82, 2.24) is 21.3 Å². The highest BCUT2D eigenvalue weighted by molar-refractivity contribution is 7.09. The molecular formula is C41H48N4O8S. The fourth-order valence-corrected chi connectivity index (χ4v) is 4.43. The maximum Gasteiger partial charge on any atom is 0.326 e. The van der Waals surface area contributed by atoms with Crippen molar-refractivity contribution < 1.29 is 38.6 Å². The molecule has 0 saturated carbocycles. The number of carbonyl (C=O) groups is 5. The van der Waals surface area contributed by atoms with Crippen molar-refractivity contribution in [3.05, 3.63) is 118 Å². The van der Waals surface area contributed by atoms with Crippen LogP contribution in [0.1, 0.15) is 21.6 Å². The number of terminal acetylenes is 2. The van der Waals surface area contributed by atoms with Crippen LogP contribution in [0.15, 0.2) is 96.4 Å². The summed E-state index contributed by atoms with van der Waals surface area (Å²) in [6.07, 6.45) is 16.0. The highest BCUT2D eigenvalue weighted by Gasteiger charge is 2.21. The Balaban J connectivity index is 0.000000863. The Morgan fingerprint density at radius 2 is 1.28 bits per heavy atom. The van der Waals surface area contributed by atoms with Gasteiger partial charge in [-0.05, 0) is 67.6 Å². The second kappa shape index (κ2) is 29.1. The molecule has 1 aromatic heterocycles. The van der Waals surface area contributed by atoms with E-state index in [0.29, 0.717) is 11.3 Å². The van der Waals surface area contributed by atoms with E-state index in [-0.39, 0.29) is 19.6 Å². The molecule has 2 aliphatic heterocycles. The smallest absolute Gasteiger partial charge is 0.326 e. The summed E-state index contributed by atoms with van der Waals surface area (Å²) in [4.78, 5) is 59.6. The number of methoxy groups -OCH3 is 1. The standard InChI is InChI=1S/C17H20N4O7.C8H10O.C7H8.C5H6S.2C2H2/c22-13-6-18-14(23)7-20-16(25)9-28-11-3-1-10(2-4-11)5-12(17(26)27)21-15(24)8-19-13;1-7-4-3-5-8(6-7)9-2;1-7-5-3-2-4-6-7;1-5-3-2-4-6-5;2*1-2/h1-4,12H,5-9H2,(H,18,23)(H,19,22)(H,20,25)(H,21,24)(H,26,27);3-6H,1-2H3;2-6H,1H3;2-4H,1H3;2*1-2H/t12-;;;;;/m0...../s1. The number of rotatable bonds is 2. The summed E-state index contributed by atoms with van der Waals surface area (Å²) in [6.45, 7) is 4.73. The normalized spacial score (nSPS) is 13.9. The molecule has 0 radical (unpaired) electrons. The van der Waals surface area contributed by atoms with Crippen LogP contribution in [0.3, 0.4) is 0 Å². The van der Waals surface area contributed by atoms with Crippen LogP contribution in [0.25, 0.3) is 0 Å². The predicted molar refractivity (Wildman–Crippen MR) is 212 cm³/mol. The highest BCUT2D eigenvalue weighted by Crippen LogP contribution is 2.14. The number of benzene rings is 3. The topological polar surface area (TPSA) is 172 Å². The summed E-state index contributed by atoms with van der Waals surface area (Å²) < 4.78 is 10.3. The van der Waals surface area contributed by atoms with E-state index in [1.54, 1.807) is 42.7 Å². The molecule has 13 heteroatoms. The maximum absolute atomic E-state index is 11.9. The molecule has 2 aliphatic rings. The number of amides is 4. The van der Waals surface area contributed by atoms with E-state index in [1.165, 1.54) is 16.0 Å². The summed E-state index contributed by atoms with van der Waals surface area (Å²) in [5, 5.41) is 20.6. The van der Waals surface area contributed by atoms with Gasteiger partial charge in [-0.2, -0.15) is 0 Å². The van der Waals surface area contributed by atoms with Crippen molar-refractivity contribution in [3.63, 3.8) is 0 Å². The number of aryl methyl sites for hydroxylation is 3. The largest absolute Gasteiger partial charge is 0.497 e. The number of hydrogen-bond donors (Lipinski definition) is 5. The van der Waals surface area contributed by atoms with Crippen LogP contribution in [-0.4, -0.2) is 74.1 Å². The lowest BCUT2D eigenvalue weighted by atomic mass is 10.1. The van der Waals surface area contributed by atoms with E-state index in [4.69, 9.17) is 9.47 Å². The number of thiophene rings is 1. The number of aliphatic carboxylic acids is 1. The van der Waals surface area contributed by atoms with Gasteiger partial charge in [0.05, 0.1) is 26.7 Å². The van der Waals surface area contributed by atoms with Crippen molar-refractivity contribution in [3.8, 4) is 37.2 Å². The lowest BCUT2D eigenvalue weighted by Gasteiger charge is -2.15. The Morgan fingerprint density at radius 3 is 1.70 bits per heavy atom. The van der Waals surface area contributed by atoms with Crippen LogP contribution in [0, 0.1) is 46.5 Å². The zero-order valence-corrected chi connectivity index (χ0v) is 31.7. The first kappa shape index (κ1) is 47.4. The Hall–Kier alpha value is -6.57. The third kappa shape index (κ3) is 23.0. The van der Waals surface area contributed by atoms with Crippen LogP contribution >= 0.6 is 11.3 Å². The van der Waals surface area contributed by atoms with E-state index in [0.717, 1.165) is 5.75 Å². The summed E-state index contributed by atoms with van der Waals surface area (Å²) in [6, 6.07) is 27.5. The van der Waals surface area contributed by atoms with Crippen LogP contribution in [-0.2, 0) is 30.4 Å². The second-order valence-corrected chi connectivity index (χ2v) is 12.0. The fraction of sp³-hybridized carbons (Fsp3) is 0.244. The quantitative estimate of drug-likeness (QED) is 0.150. The van der Waals surface area contributed by atoms with Gasteiger partial charge >= 0.3 is 5.97 Å². The number of fused-ring (bicyclic) bond motifs is 16. The van der Waals surface area contributed by atoms with E-state index in [9.17, 15) is 29.1 Å². The number of carboxylic acid groups (broad SMARTS) is 1. The first-order chi connectivity index (χ1) is 25.9. The molecule has 54 heavy (non-hydrogen) atoms. The monoisotopic (exact) mass is 756 g/mol. The van der Waals surface area contributed by atoms with E-state index in [1.807, 2.05) is 49.4 Å². The summed E-state index contributed by atoms with van der Waals surface area (Å²) in [7, 11) is 1.68. The lowest BCUT2D eigenvalue weighted by molar-refractivity contribution is -0.141. The first-order valence-electron chi connectivity index (χ1n) is 16.3. The average molecular weight is 757 g/mol. The first-order valence-corrected chi connectivity index (χ1v) is 17.2. The molecule has 4 aromatic rings. The molecule has 0 saturated heterocycles. The lowest BCUT2D eigenvalue weighted by Crippen LogP contribution is -2.48. The highest BCUT2D eigenvalue weighted by atomic mass is 32.1. The van der Waals surface area contributed by atoms with Crippen molar-refractivity contribution in [1.29, 1.82) is 0 Å². The Bertz CT molecular complexity index is 1720. The van der Waals surface area contributed by atoms with Gasteiger partial charge in [-0.1, -0.05) is 66.2 Å². The van der Waals surface area contributed by atoms with Gasteiger partial charge in [0.25, 0.3) is 5.91 Å². The van der Waals surface area contributed by atoms with Gasteiger partial charge in [-0.15, -0.1) is 37.0 Å². The minimum absolute atomic E-state index is 0.0197. The van der Waals surface area contributed by atoms with E-state index >= 15 is 0 Å². The molecule has 3 heterocycles. The molecule has 3 aromatic carbocycles. The van der Waals surface area contributed by atoms with Gasteiger partial charge in [0, 0.05) is 11.3 Å². The van der Waals surface area contributed by atoms with Gasteiger partial charge in [0.15, 0.2) is 6.61 Å². The van der Waals surface area contributed by atoms with Crippen molar-refractivity contribution in [2.75, 3.05) is 33.4 Å². The molecule has 0 unspecified atom stereocenters. The number of carbonyl (C=O) groups excluding carboxylic acids is 4. The van der Waals surface area contributed by atoms with Crippen LogP contribution in [0.2, 0.25) is 0 Å². The third-order valence-corrected chi connectivity index (χ3v) is 7.33. The van der Waals surface area contributed by atoms with Crippen LogP contribution in [0.4, 0.5) is 0 Å². The fourth-order valence-electron chi connectivity index (χ4n) is 3.90. The van der Waals surface area contributed by atoms with Gasteiger partial charge in [-0.25, -0.2) is 4.79 Å². The van der Waals surface area contributed by atoms with Crippen LogP contribution < -0.4 is 30.7 Å². The molecule has 5 N–H and O–H groups in total. The molecule has 4 amide bonds. The van der Waals surface area contributed by atoms with Gasteiger partial charge in [0.1, 0.15) is 17.5 Å². The van der Waals surface area contributed by atoms with Gasteiger partial charge < -0.3 is 35.8 Å². The molecule has 1 atom stereocenters. The molecule has 12 nitrogen and oxygen atoms in total. The number of nitrogens with one attached hydrogen (secondary N) is 4. The van der Waals surface area contributed by atoms with E-state index in [2.05, 4.69) is 90.5 Å². The van der Waals surface area contributed by atoms with Crippen molar-refractivity contribution in [2.24, 2.45) is 0 Å². The maximum atomic E-state index is 11.9. The summed E-state index contributed by atoms with van der Waals surface area (Å²) in [5.41, 5.74) is 3.18. The third-order valence-electron chi connectivity index (χ3n) is 6.53. The number of carboxylic acids is 1. The Morgan fingerprint density at radius 1 is 0.722 bits per heavy atom.